The Morgan fingerprint density at radius 1 is 1.14 bits per heavy atom. The maximum Gasteiger partial charge on any atom is 0.416 e. The zero-order valence-electron chi connectivity index (χ0n) is 11.2. The Bertz CT molecular complexity index is 603. The average molecular weight is 297 g/mol. The Kier molecular flexibility index (Phi) is 3.26. The second-order valence-corrected chi connectivity index (χ2v) is 5.63. The molecular weight excluding hydrogens is 283 g/mol. The highest BCUT2D eigenvalue weighted by atomic mass is 19.4. The van der Waals surface area contributed by atoms with Crippen LogP contribution in [0.3, 0.4) is 0 Å². The molecule has 1 amide bonds. The van der Waals surface area contributed by atoms with Gasteiger partial charge in [0.15, 0.2) is 0 Å². The van der Waals surface area contributed by atoms with Gasteiger partial charge in [0.05, 0.1) is 16.8 Å². The SMILES string of the molecule is O=C1C(=O)N(CC2CCCC2)c2ccc(C(F)(F)F)cc21. The quantitative estimate of drug-likeness (QED) is 0.784. The number of benzene rings is 1. The minimum absolute atomic E-state index is 0.132. The highest BCUT2D eigenvalue weighted by Crippen LogP contribution is 2.37. The third-order valence-electron chi connectivity index (χ3n) is 4.21. The van der Waals surface area contributed by atoms with Crippen LogP contribution >= 0.6 is 0 Å². The van der Waals surface area contributed by atoms with Gasteiger partial charge in [0.2, 0.25) is 0 Å². The first kappa shape index (κ1) is 14.1. The van der Waals surface area contributed by atoms with E-state index in [0.717, 1.165) is 37.8 Å². The lowest BCUT2D eigenvalue weighted by Crippen LogP contribution is -2.33. The van der Waals surface area contributed by atoms with Crippen molar-refractivity contribution in [2.45, 2.75) is 31.9 Å². The zero-order valence-corrected chi connectivity index (χ0v) is 11.2. The largest absolute Gasteiger partial charge is 0.416 e. The number of carbonyl (C=O) groups is 2. The topological polar surface area (TPSA) is 37.4 Å². The number of Topliss-reactive ketones (excluding diaryl/α,β-unsaturated/α-hetero) is 1. The molecule has 0 radical (unpaired) electrons. The molecule has 3 rings (SSSR count). The second-order valence-electron chi connectivity index (χ2n) is 5.63. The van der Waals surface area contributed by atoms with Crippen molar-refractivity contribution in [1.29, 1.82) is 0 Å². The summed E-state index contributed by atoms with van der Waals surface area (Å²) in [4.78, 5) is 25.2. The van der Waals surface area contributed by atoms with Gasteiger partial charge in [-0.25, -0.2) is 0 Å². The number of nitrogens with zero attached hydrogens (tertiary/aromatic N) is 1. The number of halogens is 3. The highest BCUT2D eigenvalue weighted by Gasteiger charge is 2.40. The Labute approximate surface area is 119 Å². The molecule has 1 aromatic carbocycles. The third kappa shape index (κ3) is 2.43. The summed E-state index contributed by atoms with van der Waals surface area (Å²) in [5, 5.41) is 0. The second kappa shape index (κ2) is 4.86. The van der Waals surface area contributed by atoms with E-state index in [-0.39, 0.29) is 5.56 Å². The van der Waals surface area contributed by atoms with Crippen LogP contribution in [0.1, 0.15) is 41.6 Å². The van der Waals surface area contributed by atoms with Crippen LogP contribution in [0.4, 0.5) is 18.9 Å². The van der Waals surface area contributed by atoms with Gasteiger partial charge < -0.3 is 4.90 Å². The van der Waals surface area contributed by atoms with E-state index in [4.69, 9.17) is 0 Å². The first-order valence-electron chi connectivity index (χ1n) is 6.95. The van der Waals surface area contributed by atoms with Gasteiger partial charge in [0.25, 0.3) is 11.7 Å². The fourth-order valence-corrected chi connectivity index (χ4v) is 3.11. The van der Waals surface area contributed by atoms with E-state index in [1.54, 1.807) is 0 Å². The Balaban J connectivity index is 1.93. The molecule has 1 saturated carbocycles. The summed E-state index contributed by atoms with van der Waals surface area (Å²) in [6, 6.07) is 2.94. The van der Waals surface area contributed by atoms with E-state index in [1.165, 1.54) is 11.0 Å². The van der Waals surface area contributed by atoms with Crippen LogP contribution < -0.4 is 4.90 Å². The highest BCUT2D eigenvalue weighted by molar-refractivity contribution is 6.52. The average Bonchev–Trinajstić information content (AvgIpc) is 3.01. The van der Waals surface area contributed by atoms with Gasteiger partial charge in [-0.05, 0) is 37.0 Å². The van der Waals surface area contributed by atoms with E-state index in [2.05, 4.69) is 0 Å². The third-order valence-corrected chi connectivity index (χ3v) is 4.21. The predicted octanol–water partition coefficient (Wildman–Crippen LogP) is 3.42. The molecule has 0 atom stereocenters. The fourth-order valence-electron chi connectivity index (χ4n) is 3.11. The summed E-state index contributed by atoms with van der Waals surface area (Å²) >= 11 is 0. The summed E-state index contributed by atoms with van der Waals surface area (Å²) in [5.74, 6) is -1.22. The molecule has 0 N–H and O–H groups in total. The van der Waals surface area contributed by atoms with Crippen LogP contribution in [0.15, 0.2) is 18.2 Å². The molecule has 112 valence electrons. The molecule has 2 aliphatic rings. The molecule has 0 bridgehead atoms. The van der Waals surface area contributed by atoms with Crippen LogP contribution in [0.25, 0.3) is 0 Å². The van der Waals surface area contributed by atoms with Gasteiger partial charge in [-0.1, -0.05) is 12.8 Å². The first-order valence-corrected chi connectivity index (χ1v) is 6.95. The van der Waals surface area contributed by atoms with Crippen molar-refractivity contribution < 1.29 is 22.8 Å². The molecule has 0 saturated heterocycles. The summed E-state index contributed by atoms with van der Waals surface area (Å²) in [6.07, 6.45) is -0.333. The number of rotatable bonds is 2. The normalized spacial score (nSPS) is 19.5. The number of fused-ring (bicyclic) bond motifs is 1. The lowest BCUT2D eigenvalue weighted by atomic mass is 10.1. The van der Waals surface area contributed by atoms with Crippen LogP contribution in [0, 0.1) is 5.92 Å². The predicted molar refractivity (Wildman–Crippen MR) is 70.1 cm³/mol. The Hall–Kier alpha value is -1.85. The number of hydrogen-bond donors (Lipinski definition) is 0. The Morgan fingerprint density at radius 2 is 1.81 bits per heavy atom. The monoisotopic (exact) mass is 297 g/mol. The van der Waals surface area contributed by atoms with Gasteiger partial charge in [0.1, 0.15) is 0 Å². The summed E-state index contributed by atoms with van der Waals surface area (Å²) in [7, 11) is 0. The minimum atomic E-state index is -4.52. The number of hydrogen-bond acceptors (Lipinski definition) is 2. The van der Waals surface area contributed by atoms with Gasteiger partial charge in [-0.15, -0.1) is 0 Å². The van der Waals surface area contributed by atoms with Gasteiger partial charge >= 0.3 is 6.18 Å². The molecule has 21 heavy (non-hydrogen) atoms. The molecule has 1 aliphatic carbocycles. The fraction of sp³-hybridized carbons (Fsp3) is 0.467. The Morgan fingerprint density at radius 3 is 2.43 bits per heavy atom. The van der Waals surface area contributed by atoms with E-state index in [9.17, 15) is 22.8 Å². The molecule has 0 spiro atoms. The lowest BCUT2D eigenvalue weighted by molar-refractivity contribution is -0.137. The van der Waals surface area contributed by atoms with E-state index in [0.29, 0.717) is 18.2 Å². The first-order chi connectivity index (χ1) is 9.88. The van der Waals surface area contributed by atoms with Crippen molar-refractivity contribution in [2.24, 2.45) is 5.92 Å². The molecule has 1 heterocycles. The maximum atomic E-state index is 12.7. The van der Waals surface area contributed by atoms with Crippen molar-refractivity contribution in [1.82, 2.24) is 0 Å². The molecule has 3 nitrogen and oxygen atoms in total. The molecule has 1 aromatic rings. The number of carbonyl (C=O) groups excluding carboxylic acids is 2. The van der Waals surface area contributed by atoms with E-state index < -0.39 is 23.4 Å². The van der Waals surface area contributed by atoms with Crippen LogP contribution in [-0.2, 0) is 11.0 Å². The van der Waals surface area contributed by atoms with Gasteiger partial charge in [-0.3, -0.25) is 9.59 Å². The number of amides is 1. The van der Waals surface area contributed by atoms with E-state index >= 15 is 0 Å². The molecule has 0 unspecified atom stereocenters. The van der Waals surface area contributed by atoms with Gasteiger partial charge in [0, 0.05) is 6.54 Å². The van der Waals surface area contributed by atoms with Crippen molar-refractivity contribution in [3.05, 3.63) is 29.3 Å². The molecule has 1 fully saturated rings. The summed E-state index contributed by atoms with van der Waals surface area (Å²) in [5.41, 5.74) is -0.720. The van der Waals surface area contributed by atoms with Crippen molar-refractivity contribution in [2.75, 3.05) is 11.4 Å². The van der Waals surface area contributed by atoms with Crippen molar-refractivity contribution >= 4 is 17.4 Å². The summed E-state index contributed by atoms with van der Waals surface area (Å²) < 4.78 is 38.1. The zero-order chi connectivity index (χ0) is 15.2. The van der Waals surface area contributed by atoms with Crippen LogP contribution in [0.2, 0.25) is 0 Å². The summed E-state index contributed by atoms with van der Waals surface area (Å²) in [6.45, 7) is 0.420. The van der Waals surface area contributed by atoms with E-state index in [1.807, 2.05) is 0 Å². The molecular formula is C15H14F3NO2. The van der Waals surface area contributed by atoms with Crippen molar-refractivity contribution in [3.8, 4) is 0 Å². The van der Waals surface area contributed by atoms with Crippen LogP contribution in [0.5, 0.6) is 0 Å². The maximum absolute atomic E-state index is 12.7. The lowest BCUT2D eigenvalue weighted by Gasteiger charge is -2.20. The molecule has 6 heteroatoms. The number of alkyl halides is 3. The molecule has 1 aliphatic heterocycles. The minimum Gasteiger partial charge on any atom is -0.304 e. The number of anilines is 1. The van der Waals surface area contributed by atoms with Gasteiger partial charge in [-0.2, -0.15) is 13.2 Å². The smallest absolute Gasteiger partial charge is 0.304 e. The standard InChI is InChI=1S/C15H14F3NO2/c16-15(17,18)10-5-6-12-11(7-10)13(20)14(21)19(12)8-9-3-1-2-4-9/h5-7,9H,1-4,8H2. The molecule has 0 aromatic heterocycles. The van der Waals surface area contributed by atoms with Crippen molar-refractivity contribution in [3.63, 3.8) is 0 Å². The number of ketones is 1. The van der Waals surface area contributed by atoms with Crippen LogP contribution in [-0.4, -0.2) is 18.2 Å².